The number of hydrogen-bond acceptors (Lipinski definition) is 7. The van der Waals surface area contributed by atoms with E-state index < -0.39 is 5.54 Å². The second-order valence-electron chi connectivity index (χ2n) is 5.46. The zero-order valence-corrected chi connectivity index (χ0v) is 13.7. The molecular weight excluding hydrogens is 294 g/mol. The molecule has 0 saturated heterocycles. The first-order chi connectivity index (χ1) is 9.40. The molecule has 1 aliphatic carbocycles. The highest BCUT2D eigenvalue weighted by atomic mass is 32.2. The number of nitrogens with zero attached hydrogens (tertiary/aromatic N) is 3. The monoisotopic (exact) mass is 315 g/mol. The van der Waals surface area contributed by atoms with Gasteiger partial charge in [0.15, 0.2) is 4.34 Å². The van der Waals surface area contributed by atoms with E-state index in [4.69, 9.17) is 5.73 Å². The first-order valence-electron chi connectivity index (χ1n) is 6.62. The van der Waals surface area contributed by atoms with Gasteiger partial charge in [0.05, 0.1) is 5.54 Å². The number of aromatic nitrogens is 2. The van der Waals surface area contributed by atoms with E-state index in [1.807, 2.05) is 25.9 Å². The van der Waals surface area contributed by atoms with E-state index in [9.17, 15) is 4.79 Å². The van der Waals surface area contributed by atoms with Crippen molar-refractivity contribution in [3.63, 3.8) is 0 Å². The summed E-state index contributed by atoms with van der Waals surface area (Å²) in [5, 5.41) is 12.5. The Labute approximate surface area is 127 Å². The van der Waals surface area contributed by atoms with Gasteiger partial charge in [0.2, 0.25) is 11.0 Å². The molecule has 1 atom stereocenters. The summed E-state index contributed by atoms with van der Waals surface area (Å²) in [4.78, 5) is 13.6. The van der Waals surface area contributed by atoms with Crippen LogP contribution >= 0.6 is 23.1 Å². The van der Waals surface area contributed by atoms with E-state index in [2.05, 4.69) is 15.5 Å². The lowest BCUT2D eigenvalue weighted by Crippen LogP contribution is -2.54. The quantitative estimate of drug-likeness (QED) is 0.699. The van der Waals surface area contributed by atoms with Gasteiger partial charge in [0, 0.05) is 25.9 Å². The highest BCUT2D eigenvalue weighted by Gasteiger charge is 2.36. The lowest BCUT2D eigenvalue weighted by Gasteiger charge is -2.27. The van der Waals surface area contributed by atoms with Crippen LogP contribution in [0.25, 0.3) is 0 Å². The molecule has 1 heterocycles. The third-order valence-corrected chi connectivity index (χ3v) is 5.48. The number of primary amides is 1. The van der Waals surface area contributed by atoms with Gasteiger partial charge in [0.25, 0.3) is 0 Å². The Morgan fingerprint density at radius 2 is 2.25 bits per heavy atom. The molecule has 20 heavy (non-hydrogen) atoms. The first kappa shape index (κ1) is 15.5. The minimum absolute atomic E-state index is 0.281. The molecule has 1 aliphatic rings. The second-order valence-corrected chi connectivity index (χ2v) is 7.76. The summed E-state index contributed by atoms with van der Waals surface area (Å²) < 4.78 is 0.923. The number of amides is 1. The molecule has 0 spiro atoms. The summed E-state index contributed by atoms with van der Waals surface area (Å²) in [5.41, 5.74) is 4.91. The van der Waals surface area contributed by atoms with Crippen LogP contribution in [0.4, 0.5) is 5.13 Å². The van der Waals surface area contributed by atoms with Gasteiger partial charge in [-0.1, -0.05) is 23.1 Å². The molecule has 1 saturated carbocycles. The maximum atomic E-state index is 11.6. The third kappa shape index (κ3) is 4.07. The zero-order chi connectivity index (χ0) is 14.8. The zero-order valence-electron chi connectivity index (χ0n) is 12.0. The number of nitrogens with two attached hydrogens (primary N) is 1. The van der Waals surface area contributed by atoms with Crippen molar-refractivity contribution in [3.05, 3.63) is 0 Å². The van der Waals surface area contributed by atoms with E-state index in [1.165, 1.54) is 0 Å². The fourth-order valence-electron chi connectivity index (χ4n) is 1.73. The normalized spacial score (nSPS) is 17.8. The summed E-state index contributed by atoms with van der Waals surface area (Å²) in [7, 11) is 3.89. The summed E-state index contributed by atoms with van der Waals surface area (Å²) in [5.74, 6) is 0.512. The number of thioether (sulfide) groups is 1. The van der Waals surface area contributed by atoms with E-state index in [0.717, 1.165) is 28.1 Å². The smallest absolute Gasteiger partial charge is 0.237 e. The maximum absolute atomic E-state index is 11.6. The van der Waals surface area contributed by atoms with Crippen molar-refractivity contribution in [2.24, 2.45) is 5.73 Å². The van der Waals surface area contributed by atoms with Gasteiger partial charge in [0.1, 0.15) is 0 Å². The van der Waals surface area contributed by atoms with Crippen LogP contribution in [0.3, 0.4) is 0 Å². The topological polar surface area (TPSA) is 84.1 Å². The number of nitrogens with one attached hydrogen (secondary N) is 1. The van der Waals surface area contributed by atoms with Crippen LogP contribution in [0.15, 0.2) is 4.34 Å². The van der Waals surface area contributed by atoms with Crippen LogP contribution in [0, 0.1) is 0 Å². The van der Waals surface area contributed by atoms with Gasteiger partial charge in [-0.15, -0.1) is 10.2 Å². The Balaban J connectivity index is 1.84. The van der Waals surface area contributed by atoms with Crippen molar-refractivity contribution in [3.8, 4) is 0 Å². The van der Waals surface area contributed by atoms with Gasteiger partial charge < -0.3 is 16.0 Å². The molecule has 6 nitrogen and oxygen atoms in total. The molecular formula is C12H21N5OS2. The molecule has 2 rings (SSSR count). The standard InChI is InChI=1S/C12H21N5OS2/c1-12(9(13)18,14-8-4-5-8)6-7-19-11-16-15-10(20-11)17(2)3/h8,14H,4-7H2,1-3H3,(H2,13,18). The molecule has 8 heteroatoms. The van der Waals surface area contributed by atoms with E-state index in [1.54, 1.807) is 23.1 Å². The Bertz CT molecular complexity index is 474. The number of anilines is 1. The fourth-order valence-corrected chi connectivity index (χ4v) is 3.72. The average molecular weight is 315 g/mol. The van der Waals surface area contributed by atoms with Crippen molar-refractivity contribution in [2.45, 2.75) is 42.1 Å². The molecule has 0 radical (unpaired) electrons. The van der Waals surface area contributed by atoms with Crippen molar-refractivity contribution in [1.29, 1.82) is 0 Å². The van der Waals surface area contributed by atoms with E-state index in [0.29, 0.717) is 12.5 Å². The number of carbonyl (C=O) groups is 1. The van der Waals surface area contributed by atoms with Gasteiger partial charge in [-0.25, -0.2) is 0 Å². The molecule has 1 aromatic heterocycles. The number of rotatable bonds is 8. The molecule has 0 aliphatic heterocycles. The van der Waals surface area contributed by atoms with Crippen molar-refractivity contribution < 1.29 is 4.79 Å². The lowest BCUT2D eigenvalue weighted by molar-refractivity contribution is -0.124. The van der Waals surface area contributed by atoms with Crippen LogP contribution in [0.2, 0.25) is 0 Å². The Hall–Kier alpha value is -0.860. The molecule has 1 aromatic rings. The second kappa shape index (κ2) is 6.28. The highest BCUT2D eigenvalue weighted by molar-refractivity contribution is 8.01. The Morgan fingerprint density at radius 1 is 1.55 bits per heavy atom. The number of hydrogen-bond donors (Lipinski definition) is 2. The van der Waals surface area contributed by atoms with Gasteiger partial charge in [-0.2, -0.15) is 0 Å². The molecule has 0 bridgehead atoms. The van der Waals surface area contributed by atoms with Crippen molar-refractivity contribution >= 4 is 34.1 Å². The summed E-state index contributed by atoms with van der Waals surface area (Å²) in [6, 6.07) is 0.458. The molecule has 112 valence electrons. The Kier molecular flexibility index (Phi) is 4.87. The van der Waals surface area contributed by atoms with Crippen LogP contribution in [-0.2, 0) is 4.79 Å². The predicted molar refractivity (Wildman–Crippen MR) is 83.3 cm³/mol. The maximum Gasteiger partial charge on any atom is 0.237 e. The van der Waals surface area contributed by atoms with Crippen LogP contribution in [-0.4, -0.2) is 47.5 Å². The molecule has 3 N–H and O–H groups in total. The fraction of sp³-hybridized carbons (Fsp3) is 0.750. The van der Waals surface area contributed by atoms with E-state index >= 15 is 0 Å². The molecule has 1 fully saturated rings. The summed E-state index contributed by atoms with van der Waals surface area (Å²) >= 11 is 3.18. The number of carbonyl (C=O) groups excluding carboxylic acids is 1. The largest absolute Gasteiger partial charge is 0.368 e. The third-order valence-electron chi connectivity index (χ3n) is 3.25. The van der Waals surface area contributed by atoms with E-state index in [-0.39, 0.29) is 5.91 Å². The average Bonchev–Trinajstić information content (AvgIpc) is 3.04. The minimum atomic E-state index is -0.622. The van der Waals surface area contributed by atoms with Crippen molar-refractivity contribution in [1.82, 2.24) is 15.5 Å². The van der Waals surface area contributed by atoms with Crippen LogP contribution in [0.1, 0.15) is 26.2 Å². The van der Waals surface area contributed by atoms with Crippen LogP contribution < -0.4 is 16.0 Å². The van der Waals surface area contributed by atoms with Gasteiger partial charge in [-0.05, 0) is 26.2 Å². The van der Waals surface area contributed by atoms with Crippen molar-refractivity contribution in [2.75, 3.05) is 24.7 Å². The molecule has 0 aromatic carbocycles. The molecule has 1 amide bonds. The summed E-state index contributed by atoms with van der Waals surface area (Å²) in [6.45, 7) is 1.89. The minimum Gasteiger partial charge on any atom is -0.368 e. The molecule has 1 unspecified atom stereocenters. The lowest BCUT2D eigenvalue weighted by atomic mass is 9.98. The predicted octanol–water partition coefficient (Wildman–Crippen LogP) is 1.08. The van der Waals surface area contributed by atoms with Gasteiger partial charge >= 0.3 is 0 Å². The summed E-state index contributed by atoms with van der Waals surface area (Å²) in [6.07, 6.45) is 2.97. The highest BCUT2D eigenvalue weighted by Crippen LogP contribution is 2.30. The Morgan fingerprint density at radius 3 is 2.75 bits per heavy atom. The van der Waals surface area contributed by atoms with Gasteiger partial charge in [-0.3, -0.25) is 4.79 Å². The first-order valence-corrected chi connectivity index (χ1v) is 8.42. The van der Waals surface area contributed by atoms with Crippen LogP contribution in [0.5, 0.6) is 0 Å². The SMILES string of the molecule is CN(C)c1nnc(SCCC(C)(NC2CC2)C(N)=O)s1.